The lowest BCUT2D eigenvalue weighted by molar-refractivity contribution is -0.139. The molecule has 0 aromatic heterocycles. The van der Waals surface area contributed by atoms with E-state index in [2.05, 4.69) is 6.58 Å². The number of methoxy groups -OCH3 is 2. The third-order valence-electron chi connectivity index (χ3n) is 7.03. The Kier molecular flexibility index (Phi) is 15.9. The molecule has 0 heterocycles. The van der Waals surface area contributed by atoms with Crippen LogP contribution in [0, 0.1) is 5.92 Å². The van der Waals surface area contributed by atoms with E-state index in [1.807, 2.05) is 12.1 Å². The van der Waals surface area contributed by atoms with Gasteiger partial charge in [0.2, 0.25) is 0 Å². The Morgan fingerprint density at radius 2 is 1.19 bits per heavy atom. The van der Waals surface area contributed by atoms with Crippen molar-refractivity contribution in [1.29, 1.82) is 0 Å². The molecule has 10 nitrogen and oxygen atoms in total. The van der Waals surface area contributed by atoms with Crippen molar-refractivity contribution in [2.24, 2.45) is 5.92 Å². The lowest BCUT2D eigenvalue weighted by Crippen LogP contribution is -2.07. The zero-order valence-corrected chi connectivity index (χ0v) is 27.6. The average molecular weight is 651 g/mol. The van der Waals surface area contributed by atoms with Gasteiger partial charge in [-0.1, -0.05) is 18.7 Å². The van der Waals surface area contributed by atoms with Crippen LogP contribution in [-0.2, 0) is 28.6 Å². The number of hydrogen-bond donors (Lipinski definition) is 0. The van der Waals surface area contributed by atoms with E-state index in [4.69, 9.17) is 33.2 Å². The molecule has 0 atom stereocenters. The molecule has 2 aromatic carbocycles. The predicted molar refractivity (Wildman–Crippen MR) is 179 cm³/mol. The fourth-order valence-corrected chi connectivity index (χ4v) is 4.17. The van der Waals surface area contributed by atoms with E-state index >= 15 is 0 Å². The second kappa shape index (κ2) is 20.4. The molecule has 0 bridgehead atoms. The van der Waals surface area contributed by atoms with Crippen molar-refractivity contribution >= 4 is 30.1 Å². The van der Waals surface area contributed by atoms with E-state index in [-0.39, 0.29) is 18.5 Å². The van der Waals surface area contributed by atoms with E-state index in [9.17, 15) is 14.4 Å². The second-order valence-corrected chi connectivity index (χ2v) is 11.1. The minimum absolute atomic E-state index is 0.186. The van der Waals surface area contributed by atoms with Crippen molar-refractivity contribution in [3.8, 4) is 23.0 Å². The fraction of sp³-hybridized carbons (Fsp3) is 0.432. The summed E-state index contributed by atoms with van der Waals surface area (Å²) >= 11 is 0. The van der Waals surface area contributed by atoms with Crippen LogP contribution in [0.2, 0.25) is 0 Å². The molecular formula is C37H46O10. The van der Waals surface area contributed by atoms with Crippen molar-refractivity contribution in [2.45, 2.75) is 51.9 Å². The van der Waals surface area contributed by atoms with Crippen LogP contribution in [0.4, 0.5) is 0 Å². The smallest absolute Gasteiger partial charge is 0.333 e. The molecule has 10 heteroatoms. The quantitative estimate of drug-likeness (QED) is 0.0586. The van der Waals surface area contributed by atoms with Crippen molar-refractivity contribution < 1.29 is 47.5 Å². The van der Waals surface area contributed by atoms with Crippen LogP contribution in [0.15, 0.2) is 60.7 Å². The zero-order chi connectivity index (χ0) is 33.9. The Labute approximate surface area is 277 Å². The van der Waals surface area contributed by atoms with Crippen LogP contribution in [0.1, 0.15) is 63.0 Å². The number of carbonyl (C=O) groups is 3. The Bertz CT molecular complexity index is 1390. The number of esters is 3. The van der Waals surface area contributed by atoms with E-state index < -0.39 is 5.97 Å². The third-order valence-corrected chi connectivity index (χ3v) is 7.03. The maximum absolute atomic E-state index is 12.2. The second-order valence-electron chi connectivity index (χ2n) is 11.1. The molecule has 1 fully saturated rings. The largest absolute Gasteiger partial charge is 0.493 e. The van der Waals surface area contributed by atoms with Crippen molar-refractivity contribution in [3.63, 3.8) is 0 Å². The van der Waals surface area contributed by atoms with E-state index in [1.165, 1.54) is 12.2 Å². The van der Waals surface area contributed by atoms with E-state index in [1.54, 1.807) is 57.6 Å². The summed E-state index contributed by atoms with van der Waals surface area (Å²) in [7, 11) is 3.11. The van der Waals surface area contributed by atoms with Crippen molar-refractivity contribution in [3.05, 3.63) is 71.8 Å². The molecule has 1 aliphatic carbocycles. The standard InChI is InChI=1S/C37H46O10/c1-27(2)37(40)46-21-8-6-5-7-20-43-31-16-12-28(24-33(31)41-3)14-18-35(38)45-23-9-22-44-32-17-13-29(25-34(32)42-4)15-19-36(39)47-26-30-10-11-30/h12-19,24-25,30H,1,5-11,20-23,26H2,2-4H3/b18-14+,19-15+. The highest BCUT2D eigenvalue weighted by Crippen LogP contribution is 2.30. The molecule has 0 unspecified atom stereocenters. The van der Waals surface area contributed by atoms with Crippen LogP contribution < -0.4 is 18.9 Å². The monoisotopic (exact) mass is 650 g/mol. The first-order valence-electron chi connectivity index (χ1n) is 15.9. The van der Waals surface area contributed by atoms with Crippen LogP contribution in [0.5, 0.6) is 23.0 Å². The third kappa shape index (κ3) is 14.5. The summed E-state index contributed by atoms with van der Waals surface area (Å²) in [5, 5.41) is 0. The predicted octanol–water partition coefficient (Wildman–Crippen LogP) is 6.75. The maximum atomic E-state index is 12.2. The first kappa shape index (κ1) is 36.7. The minimum Gasteiger partial charge on any atom is -0.493 e. The molecule has 0 spiro atoms. The summed E-state index contributed by atoms with van der Waals surface area (Å²) in [6, 6.07) is 10.8. The van der Waals surface area contributed by atoms with Gasteiger partial charge in [-0.15, -0.1) is 0 Å². The molecule has 0 radical (unpaired) electrons. The lowest BCUT2D eigenvalue weighted by atomic mass is 10.2. The Morgan fingerprint density at radius 1 is 0.681 bits per heavy atom. The zero-order valence-electron chi connectivity index (χ0n) is 27.6. The highest BCUT2D eigenvalue weighted by Gasteiger charge is 2.22. The maximum Gasteiger partial charge on any atom is 0.333 e. The van der Waals surface area contributed by atoms with Crippen LogP contribution in [0.3, 0.4) is 0 Å². The van der Waals surface area contributed by atoms with Gasteiger partial charge in [0.25, 0.3) is 0 Å². The number of hydrogen-bond acceptors (Lipinski definition) is 10. The van der Waals surface area contributed by atoms with Gasteiger partial charge in [-0.05, 0) is 98.9 Å². The number of carbonyl (C=O) groups excluding carboxylic acids is 3. The Balaban J connectivity index is 1.32. The summed E-state index contributed by atoms with van der Waals surface area (Å²) in [5.74, 6) is 1.60. The lowest BCUT2D eigenvalue weighted by Gasteiger charge is -2.11. The minimum atomic E-state index is -0.469. The normalized spacial score (nSPS) is 12.5. The SMILES string of the molecule is C=C(C)C(=O)OCCCCCCOc1ccc(/C=C/C(=O)OCCCOc2ccc(/C=C/C(=O)OCC3CC3)cc2OC)cc1OC. The number of benzene rings is 2. The van der Waals surface area contributed by atoms with Crippen molar-refractivity contribution in [1.82, 2.24) is 0 Å². The van der Waals surface area contributed by atoms with Gasteiger partial charge in [-0.2, -0.15) is 0 Å². The van der Waals surface area contributed by atoms with Gasteiger partial charge in [-0.25, -0.2) is 14.4 Å². The number of rotatable bonds is 22. The molecule has 0 aliphatic heterocycles. The van der Waals surface area contributed by atoms with Gasteiger partial charge < -0.3 is 33.2 Å². The molecule has 2 aromatic rings. The van der Waals surface area contributed by atoms with Gasteiger partial charge in [-0.3, -0.25) is 0 Å². The molecule has 0 amide bonds. The van der Waals surface area contributed by atoms with Gasteiger partial charge in [0, 0.05) is 24.1 Å². The highest BCUT2D eigenvalue weighted by atomic mass is 16.5. The molecule has 254 valence electrons. The van der Waals surface area contributed by atoms with Crippen LogP contribution >= 0.6 is 0 Å². The van der Waals surface area contributed by atoms with Crippen LogP contribution in [-0.4, -0.2) is 65.2 Å². The Morgan fingerprint density at radius 3 is 1.72 bits per heavy atom. The number of unbranched alkanes of at least 4 members (excludes halogenated alkanes) is 3. The van der Waals surface area contributed by atoms with E-state index in [0.717, 1.165) is 49.7 Å². The molecule has 3 rings (SSSR count). The Hall–Kier alpha value is -4.73. The summed E-state index contributed by atoms with van der Waals surface area (Å²) in [6.45, 7) is 7.10. The summed E-state index contributed by atoms with van der Waals surface area (Å²) in [5.41, 5.74) is 1.95. The molecular weight excluding hydrogens is 604 g/mol. The molecule has 47 heavy (non-hydrogen) atoms. The van der Waals surface area contributed by atoms with Gasteiger partial charge >= 0.3 is 17.9 Å². The summed E-state index contributed by atoms with van der Waals surface area (Å²) in [6.07, 6.45) is 12.4. The topological polar surface area (TPSA) is 116 Å². The van der Waals surface area contributed by atoms with E-state index in [0.29, 0.717) is 67.3 Å². The molecule has 1 saturated carbocycles. The fourth-order valence-electron chi connectivity index (χ4n) is 4.17. The molecule has 1 aliphatic rings. The van der Waals surface area contributed by atoms with Crippen LogP contribution in [0.25, 0.3) is 12.2 Å². The first-order chi connectivity index (χ1) is 22.8. The molecule has 0 N–H and O–H groups in total. The first-order valence-corrected chi connectivity index (χ1v) is 15.9. The number of ether oxygens (including phenoxy) is 7. The highest BCUT2D eigenvalue weighted by molar-refractivity contribution is 5.88. The van der Waals surface area contributed by atoms with Gasteiger partial charge in [0.15, 0.2) is 23.0 Å². The van der Waals surface area contributed by atoms with Gasteiger partial charge in [0.05, 0.1) is 47.3 Å². The summed E-state index contributed by atoms with van der Waals surface area (Å²) in [4.78, 5) is 35.4. The molecule has 0 saturated heterocycles. The van der Waals surface area contributed by atoms with Gasteiger partial charge in [0.1, 0.15) is 0 Å². The van der Waals surface area contributed by atoms with Crippen molar-refractivity contribution in [2.75, 3.05) is 47.3 Å². The summed E-state index contributed by atoms with van der Waals surface area (Å²) < 4.78 is 38.2. The average Bonchev–Trinajstić information content (AvgIpc) is 3.91.